The summed E-state index contributed by atoms with van der Waals surface area (Å²) in [6.45, 7) is 0.827. The molecule has 3 aliphatic rings. The first-order valence-electron chi connectivity index (χ1n) is 13.3. The molecule has 1 aliphatic carbocycles. The molecule has 2 aromatic rings. The zero-order valence-electron chi connectivity index (χ0n) is 23.0. The van der Waals surface area contributed by atoms with Crippen LogP contribution in [0.5, 0.6) is 6.01 Å². The van der Waals surface area contributed by atoms with Gasteiger partial charge in [-0.05, 0) is 31.4 Å². The highest BCUT2D eigenvalue weighted by atomic mass is 35.5. The van der Waals surface area contributed by atoms with Gasteiger partial charge in [0, 0.05) is 43.7 Å². The molecule has 15 heteroatoms. The summed E-state index contributed by atoms with van der Waals surface area (Å²) in [5.41, 5.74) is 10.6. The number of aliphatic imine (C=N–C) groups is 1. The monoisotopic (exact) mass is 611 g/mol. The molecule has 1 atom stereocenters. The third-order valence-corrected chi connectivity index (χ3v) is 7.96. The number of nitrogens with two attached hydrogens (primary N) is 2. The number of benzene rings is 1. The molecule has 2 aliphatic heterocycles. The van der Waals surface area contributed by atoms with Gasteiger partial charge in [0.25, 0.3) is 5.91 Å². The topological polar surface area (TPSA) is 132 Å². The second-order valence-corrected chi connectivity index (χ2v) is 10.7. The van der Waals surface area contributed by atoms with Gasteiger partial charge < -0.3 is 30.7 Å². The molecule has 0 saturated heterocycles. The number of hydrogen-bond donors (Lipinski definition) is 2. The van der Waals surface area contributed by atoms with Gasteiger partial charge in [0.2, 0.25) is 0 Å². The fourth-order valence-electron chi connectivity index (χ4n) is 5.11. The Morgan fingerprint density at radius 2 is 2.00 bits per heavy atom. The molecule has 42 heavy (non-hydrogen) atoms. The van der Waals surface area contributed by atoms with E-state index in [0.717, 1.165) is 25.0 Å². The average molecular weight is 612 g/mol. The van der Waals surface area contributed by atoms with Gasteiger partial charge in [-0.2, -0.15) is 23.1 Å². The number of likely N-dealkylation sites (N-methyl/N-ethyl adjacent to an activating group) is 1. The van der Waals surface area contributed by atoms with E-state index < -0.39 is 34.9 Å². The number of anilines is 2. The Labute approximate surface area is 244 Å². The van der Waals surface area contributed by atoms with Gasteiger partial charge in [-0.1, -0.05) is 11.6 Å². The quantitative estimate of drug-likeness (QED) is 0.287. The van der Waals surface area contributed by atoms with Crippen molar-refractivity contribution < 1.29 is 31.8 Å². The number of aromatic nitrogens is 2. The highest BCUT2D eigenvalue weighted by Crippen LogP contribution is 2.43. The lowest BCUT2D eigenvalue weighted by Crippen LogP contribution is -2.36. The number of rotatable bonds is 6. The summed E-state index contributed by atoms with van der Waals surface area (Å²) in [5, 5.41) is 0.0439. The van der Waals surface area contributed by atoms with Crippen molar-refractivity contribution in [3.63, 3.8) is 0 Å². The van der Waals surface area contributed by atoms with Crippen molar-refractivity contribution in [1.82, 2.24) is 14.9 Å². The second-order valence-electron chi connectivity index (χ2n) is 10.4. The molecule has 3 heterocycles. The van der Waals surface area contributed by atoms with Crippen molar-refractivity contribution in [1.29, 1.82) is 0 Å². The van der Waals surface area contributed by atoms with E-state index in [4.69, 9.17) is 32.5 Å². The number of carbonyl (C=O) groups is 1. The van der Waals surface area contributed by atoms with E-state index in [2.05, 4.69) is 15.0 Å². The van der Waals surface area contributed by atoms with Crippen molar-refractivity contribution in [2.45, 2.75) is 50.6 Å². The molecule has 1 unspecified atom stereocenters. The standard InChI is InChI=1S/C27H30ClF4N7O3/c1-38(13-4-5-13)25(40)23(34)21(28)18-11-39(9-3-8-35-18)24-14-12-42-19(10-17(14)36-26(37-24)41-2)20-15(27(30,31)32)6-7-16(33)22(20)29/h6-7,13,19H,3-5,8-12,33-34H2,1-2H3/b23-21+. The van der Waals surface area contributed by atoms with Gasteiger partial charge in [-0.15, -0.1) is 0 Å². The van der Waals surface area contributed by atoms with Crippen molar-refractivity contribution in [3.05, 3.63) is 51.1 Å². The Morgan fingerprint density at radius 1 is 1.26 bits per heavy atom. The van der Waals surface area contributed by atoms with E-state index in [1.165, 1.54) is 7.11 Å². The van der Waals surface area contributed by atoms with Crippen LogP contribution in [0.1, 0.15) is 47.8 Å². The van der Waals surface area contributed by atoms with Crippen LogP contribution in [0.25, 0.3) is 0 Å². The first-order valence-corrected chi connectivity index (χ1v) is 13.7. The zero-order chi connectivity index (χ0) is 30.3. The van der Waals surface area contributed by atoms with Crippen LogP contribution in [0.2, 0.25) is 0 Å². The van der Waals surface area contributed by atoms with E-state index in [1.54, 1.807) is 11.9 Å². The molecular formula is C27H30ClF4N7O3. The molecule has 1 aromatic heterocycles. The lowest BCUT2D eigenvalue weighted by molar-refractivity contribution is -0.140. The Morgan fingerprint density at radius 3 is 2.67 bits per heavy atom. The molecule has 0 spiro atoms. The van der Waals surface area contributed by atoms with E-state index in [1.807, 2.05) is 4.90 Å². The molecule has 226 valence electrons. The maximum Gasteiger partial charge on any atom is 0.416 e. The predicted octanol–water partition coefficient (Wildman–Crippen LogP) is 3.72. The largest absolute Gasteiger partial charge is 0.467 e. The van der Waals surface area contributed by atoms with Crippen LogP contribution in [-0.2, 0) is 28.7 Å². The number of nitrogens with zero attached hydrogens (tertiary/aromatic N) is 5. The number of fused-ring (bicyclic) bond motifs is 1. The molecular weight excluding hydrogens is 582 g/mol. The van der Waals surface area contributed by atoms with E-state index >= 15 is 4.39 Å². The summed E-state index contributed by atoms with van der Waals surface area (Å²) in [5.74, 6) is -1.17. The number of ether oxygens (including phenoxy) is 2. The van der Waals surface area contributed by atoms with E-state index in [9.17, 15) is 18.0 Å². The first kappa shape index (κ1) is 29.8. The second kappa shape index (κ2) is 11.6. The van der Waals surface area contributed by atoms with Gasteiger partial charge in [0.15, 0.2) is 5.82 Å². The third kappa shape index (κ3) is 5.82. The maximum absolute atomic E-state index is 15.0. The van der Waals surface area contributed by atoms with E-state index in [-0.39, 0.29) is 48.3 Å². The van der Waals surface area contributed by atoms with Gasteiger partial charge in [-0.25, -0.2) is 4.39 Å². The zero-order valence-corrected chi connectivity index (χ0v) is 23.7. The molecule has 0 bridgehead atoms. The van der Waals surface area contributed by atoms with E-state index in [0.29, 0.717) is 42.3 Å². The molecule has 1 amide bonds. The summed E-state index contributed by atoms with van der Waals surface area (Å²) >= 11 is 6.60. The molecule has 1 aromatic carbocycles. The third-order valence-electron chi connectivity index (χ3n) is 7.54. The molecule has 5 rings (SSSR count). The summed E-state index contributed by atoms with van der Waals surface area (Å²) in [6.07, 6.45) is -3.89. The Bertz CT molecular complexity index is 1460. The van der Waals surface area contributed by atoms with Crippen LogP contribution in [0.3, 0.4) is 0 Å². The number of methoxy groups -OCH3 is 1. The Balaban J connectivity index is 1.47. The van der Waals surface area contributed by atoms with Gasteiger partial charge in [0.05, 0.1) is 54.1 Å². The number of halogens is 5. The Kier molecular flexibility index (Phi) is 8.21. The fourth-order valence-corrected chi connectivity index (χ4v) is 5.31. The van der Waals surface area contributed by atoms with Crippen LogP contribution in [0, 0.1) is 5.82 Å². The number of carbonyl (C=O) groups excluding carboxylic acids is 1. The molecule has 1 saturated carbocycles. The lowest BCUT2D eigenvalue weighted by Gasteiger charge is -2.31. The van der Waals surface area contributed by atoms with Gasteiger partial charge in [0.1, 0.15) is 11.5 Å². The summed E-state index contributed by atoms with van der Waals surface area (Å²) < 4.78 is 67.5. The number of nitrogen functional groups attached to an aromatic ring is 1. The summed E-state index contributed by atoms with van der Waals surface area (Å²) in [7, 11) is 3.04. The van der Waals surface area contributed by atoms with Crippen molar-refractivity contribution in [2.24, 2.45) is 10.7 Å². The minimum Gasteiger partial charge on any atom is -0.467 e. The lowest BCUT2D eigenvalue weighted by atomic mass is 9.94. The molecule has 4 N–H and O–H groups in total. The predicted molar refractivity (Wildman–Crippen MR) is 148 cm³/mol. The van der Waals surface area contributed by atoms with Crippen molar-refractivity contribution in [3.8, 4) is 6.01 Å². The van der Waals surface area contributed by atoms with Crippen LogP contribution in [-0.4, -0.2) is 66.3 Å². The van der Waals surface area contributed by atoms with Crippen LogP contribution >= 0.6 is 11.6 Å². The van der Waals surface area contributed by atoms with Crippen LogP contribution in [0.4, 0.5) is 29.1 Å². The minimum absolute atomic E-state index is 0.0291. The smallest absolute Gasteiger partial charge is 0.416 e. The highest BCUT2D eigenvalue weighted by Gasteiger charge is 2.40. The fraction of sp³-hybridized carbons (Fsp3) is 0.481. The van der Waals surface area contributed by atoms with Gasteiger partial charge in [-0.3, -0.25) is 9.79 Å². The summed E-state index contributed by atoms with van der Waals surface area (Å²) in [4.78, 5) is 29.7. The molecule has 1 fully saturated rings. The van der Waals surface area contributed by atoms with Gasteiger partial charge >= 0.3 is 12.2 Å². The van der Waals surface area contributed by atoms with Crippen LogP contribution < -0.4 is 21.1 Å². The number of amides is 1. The van der Waals surface area contributed by atoms with Crippen LogP contribution in [0.15, 0.2) is 27.9 Å². The average Bonchev–Trinajstić information content (AvgIpc) is 3.83. The minimum atomic E-state index is -4.83. The number of hydrogen-bond acceptors (Lipinski definition) is 9. The van der Waals surface area contributed by atoms with Crippen molar-refractivity contribution >= 4 is 34.7 Å². The Hall–Kier alpha value is -3.65. The number of alkyl halides is 3. The maximum atomic E-state index is 15.0. The van der Waals surface area contributed by atoms with Crippen molar-refractivity contribution in [2.75, 3.05) is 44.4 Å². The highest BCUT2D eigenvalue weighted by molar-refractivity contribution is 6.45. The normalized spacial score (nSPS) is 19.8. The molecule has 0 radical (unpaired) electrons. The summed E-state index contributed by atoms with van der Waals surface area (Å²) in [6, 6.07) is 1.74. The SMILES string of the molecule is COc1nc2c(c(N3CCCN=C(/C(Cl)=C(\N)C(=O)N(C)C4CC4)C3)n1)COC(c1c(C(F)(F)F)ccc(N)c1F)C2. The first-order chi connectivity index (χ1) is 19.9. The molecule has 10 nitrogen and oxygen atoms in total.